The third kappa shape index (κ3) is 2.70. The van der Waals surface area contributed by atoms with Crippen molar-refractivity contribution in [3.63, 3.8) is 0 Å². The van der Waals surface area contributed by atoms with Crippen LogP contribution in [0.2, 0.25) is 0 Å². The molecule has 1 unspecified atom stereocenters. The minimum Gasteiger partial charge on any atom is -0.307 e. The van der Waals surface area contributed by atoms with Gasteiger partial charge in [-0.3, -0.25) is 4.40 Å². The molecule has 0 saturated heterocycles. The summed E-state index contributed by atoms with van der Waals surface area (Å²) in [6.45, 7) is 7.67. The van der Waals surface area contributed by atoms with E-state index in [1.165, 1.54) is 12.8 Å². The van der Waals surface area contributed by atoms with Gasteiger partial charge in [-0.05, 0) is 31.5 Å². The largest absolute Gasteiger partial charge is 0.307 e. The number of nitrogens with one attached hydrogen (secondary N) is 1. The molecule has 0 fully saturated rings. The van der Waals surface area contributed by atoms with Crippen LogP contribution in [-0.4, -0.2) is 21.1 Å². The Morgan fingerprint density at radius 2 is 2.00 bits per heavy atom. The lowest BCUT2D eigenvalue weighted by Crippen LogP contribution is -2.26. The van der Waals surface area contributed by atoms with Crippen LogP contribution in [0.1, 0.15) is 45.5 Å². The van der Waals surface area contributed by atoms with E-state index >= 15 is 0 Å². The molecule has 0 amide bonds. The van der Waals surface area contributed by atoms with Crippen LogP contribution in [0.3, 0.4) is 0 Å². The molecule has 0 saturated carbocycles. The van der Waals surface area contributed by atoms with Crippen molar-refractivity contribution in [2.24, 2.45) is 5.92 Å². The predicted octanol–water partition coefficient (Wildman–Crippen LogP) is 2.82. The average Bonchev–Trinajstić information content (AvgIpc) is 2.83. The van der Waals surface area contributed by atoms with Gasteiger partial charge in [0, 0.05) is 6.20 Å². The quantitative estimate of drug-likeness (QED) is 0.852. The topological polar surface area (TPSA) is 42.2 Å². The van der Waals surface area contributed by atoms with Gasteiger partial charge in [0.2, 0.25) is 0 Å². The predicted molar refractivity (Wildman–Crippen MR) is 73.5 cm³/mol. The highest BCUT2D eigenvalue weighted by molar-refractivity contribution is 5.37. The Labute approximate surface area is 108 Å². The van der Waals surface area contributed by atoms with Crippen LogP contribution in [0.15, 0.2) is 24.4 Å². The second kappa shape index (κ2) is 5.96. The summed E-state index contributed by atoms with van der Waals surface area (Å²) in [5.41, 5.74) is 0.906. The summed E-state index contributed by atoms with van der Waals surface area (Å²) < 4.78 is 2.05. The summed E-state index contributed by atoms with van der Waals surface area (Å²) in [5.74, 6) is 1.73. The smallest absolute Gasteiger partial charge is 0.160 e. The molecule has 2 rings (SSSR count). The number of fused-ring (bicyclic) bond motifs is 1. The molecule has 0 aliphatic rings. The maximum atomic E-state index is 4.28. The van der Waals surface area contributed by atoms with Gasteiger partial charge in [0.25, 0.3) is 0 Å². The maximum Gasteiger partial charge on any atom is 0.160 e. The first-order chi connectivity index (χ1) is 8.76. The first kappa shape index (κ1) is 13.0. The number of hydrogen-bond donors (Lipinski definition) is 1. The van der Waals surface area contributed by atoms with Crippen molar-refractivity contribution in [2.75, 3.05) is 6.54 Å². The molecule has 2 aromatic heterocycles. The van der Waals surface area contributed by atoms with E-state index in [-0.39, 0.29) is 6.04 Å². The molecule has 1 N–H and O–H groups in total. The van der Waals surface area contributed by atoms with Gasteiger partial charge >= 0.3 is 0 Å². The fourth-order valence-electron chi connectivity index (χ4n) is 2.17. The molecule has 0 radical (unpaired) electrons. The first-order valence-corrected chi connectivity index (χ1v) is 6.79. The third-order valence-electron chi connectivity index (χ3n) is 3.59. The normalized spacial score (nSPS) is 13.3. The van der Waals surface area contributed by atoms with Crippen molar-refractivity contribution < 1.29 is 0 Å². The van der Waals surface area contributed by atoms with Crippen molar-refractivity contribution >= 4 is 5.65 Å². The molecule has 0 aliphatic heterocycles. The van der Waals surface area contributed by atoms with E-state index in [1.54, 1.807) is 0 Å². The van der Waals surface area contributed by atoms with Crippen LogP contribution < -0.4 is 5.32 Å². The van der Waals surface area contributed by atoms with Crippen molar-refractivity contribution in [3.05, 3.63) is 30.2 Å². The van der Waals surface area contributed by atoms with Crippen LogP contribution in [0, 0.1) is 5.92 Å². The van der Waals surface area contributed by atoms with Gasteiger partial charge in [0.1, 0.15) is 0 Å². The zero-order valence-electron chi connectivity index (χ0n) is 11.4. The lowest BCUT2D eigenvalue weighted by molar-refractivity contribution is 0.414. The van der Waals surface area contributed by atoms with Crippen molar-refractivity contribution in [1.29, 1.82) is 0 Å². The molecule has 2 heterocycles. The Balaban J connectivity index is 2.07. The zero-order chi connectivity index (χ0) is 13.0. The van der Waals surface area contributed by atoms with E-state index in [0.717, 1.165) is 23.9 Å². The highest BCUT2D eigenvalue weighted by Gasteiger charge is 2.13. The lowest BCUT2D eigenvalue weighted by atomic mass is 10.0. The minimum atomic E-state index is 0.225. The van der Waals surface area contributed by atoms with Crippen molar-refractivity contribution in [1.82, 2.24) is 19.9 Å². The lowest BCUT2D eigenvalue weighted by Gasteiger charge is -2.17. The molecular weight excluding hydrogens is 224 g/mol. The molecule has 0 spiro atoms. The van der Waals surface area contributed by atoms with Crippen molar-refractivity contribution in [2.45, 2.75) is 39.7 Å². The summed E-state index contributed by atoms with van der Waals surface area (Å²) in [6, 6.07) is 6.19. The molecule has 1 atom stereocenters. The number of nitrogens with zero attached hydrogens (tertiary/aromatic N) is 3. The van der Waals surface area contributed by atoms with Crippen LogP contribution in [-0.2, 0) is 0 Å². The Kier molecular flexibility index (Phi) is 4.31. The van der Waals surface area contributed by atoms with E-state index in [4.69, 9.17) is 0 Å². The van der Waals surface area contributed by atoms with Crippen LogP contribution >= 0.6 is 0 Å². The summed E-state index contributed by atoms with van der Waals surface area (Å²) >= 11 is 0. The molecule has 18 heavy (non-hydrogen) atoms. The Morgan fingerprint density at radius 1 is 1.22 bits per heavy atom. The molecule has 0 aliphatic carbocycles. The fourth-order valence-corrected chi connectivity index (χ4v) is 2.17. The van der Waals surface area contributed by atoms with E-state index in [0.29, 0.717) is 0 Å². The number of aromatic nitrogens is 3. The molecule has 98 valence electrons. The van der Waals surface area contributed by atoms with Gasteiger partial charge in [-0.25, -0.2) is 0 Å². The van der Waals surface area contributed by atoms with Gasteiger partial charge < -0.3 is 5.32 Å². The van der Waals surface area contributed by atoms with Gasteiger partial charge in [-0.15, -0.1) is 10.2 Å². The van der Waals surface area contributed by atoms with E-state index in [2.05, 4.69) is 36.3 Å². The highest BCUT2D eigenvalue weighted by Crippen LogP contribution is 2.13. The number of pyridine rings is 1. The van der Waals surface area contributed by atoms with Crippen LogP contribution in [0.5, 0.6) is 0 Å². The molecule has 0 bridgehead atoms. The third-order valence-corrected chi connectivity index (χ3v) is 3.59. The SMILES string of the molecule is CCC(CC)CNC(C)c1nnc2ccccn12. The van der Waals surface area contributed by atoms with Crippen molar-refractivity contribution in [3.8, 4) is 0 Å². The molecule has 4 nitrogen and oxygen atoms in total. The Hall–Kier alpha value is -1.42. The minimum absolute atomic E-state index is 0.225. The van der Waals surface area contributed by atoms with Crippen LogP contribution in [0.25, 0.3) is 5.65 Å². The monoisotopic (exact) mass is 246 g/mol. The maximum absolute atomic E-state index is 4.28. The zero-order valence-corrected chi connectivity index (χ0v) is 11.4. The highest BCUT2D eigenvalue weighted by atomic mass is 15.3. The van der Waals surface area contributed by atoms with Gasteiger partial charge in [-0.1, -0.05) is 32.8 Å². The van der Waals surface area contributed by atoms with E-state index in [1.807, 2.05) is 28.8 Å². The summed E-state index contributed by atoms with van der Waals surface area (Å²) in [5, 5.41) is 12.0. The number of hydrogen-bond acceptors (Lipinski definition) is 3. The van der Waals surface area contributed by atoms with Gasteiger partial charge in [-0.2, -0.15) is 0 Å². The molecular formula is C14H22N4. The Bertz CT molecular complexity index is 487. The fraction of sp³-hybridized carbons (Fsp3) is 0.571. The Morgan fingerprint density at radius 3 is 2.72 bits per heavy atom. The van der Waals surface area contributed by atoms with Gasteiger partial charge in [0.05, 0.1) is 6.04 Å². The van der Waals surface area contributed by atoms with Crippen LogP contribution in [0.4, 0.5) is 0 Å². The summed E-state index contributed by atoms with van der Waals surface area (Å²) in [7, 11) is 0. The second-order valence-electron chi connectivity index (χ2n) is 4.80. The summed E-state index contributed by atoms with van der Waals surface area (Å²) in [4.78, 5) is 0. The van der Waals surface area contributed by atoms with Gasteiger partial charge in [0.15, 0.2) is 11.5 Å². The standard InChI is InChI=1S/C14H22N4/c1-4-12(5-2)10-15-11(3)14-17-16-13-8-6-7-9-18(13)14/h6-9,11-12,15H,4-5,10H2,1-3H3. The first-order valence-electron chi connectivity index (χ1n) is 6.79. The van der Waals surface area contributed by atoms with E-state index in [9.17, 15) is 0 Å². The molecule has 4 heteroatoms. The molecule has 0 aromatic carbocycles. The molecule has 2 aromatic rings. The summed E-state index contributed by atoms with van der Waals surface area (Å²) in [6.07, 6.45) is 4.45. The number of rotatable bonds is 6. The van der Waals surface area contributed by atoms with E-state index < -0.39 is 0 Å². The average molecular weight is 246 g/mol. The second-order valence-corrected chi connectivity index (χ2v) is 4.80.